The summed E-state index contributed by atoms with van der Waals surface area (Å²) < 4.78 is 20.2. The highest BCUT2D eigenvalue weighted by atomic mass is 19.1. The molecule has 4 rings (SSSR count). The molecule has 0 N–H and O–H groups in total. The SMILES string of the molecule is Fc1cccc(Oc2ncc(-c3ccc4cnnn4c3)cn2)c1. The molecule has 0 unspecified atom stereocenters. The Kier molecular flexibility index (Phi) is 3.16. The summed E-state index contributed by atoms with van der Waals surface area (Å²) in [6.07, 6.45) is 6.80. The molecule has 0 atom stereocenters. The Labute approximate surface area is 130 Å². The summed E-state index contributed by atoms with van der Waals surface area (Å²) >= 11 is 0. The summed E-state index contributed by atoms with van der Waals surface area (Å²) in [5.41, 5.74) is 2.62. The minimum Gasteiger partial charge on any atom is -0.424 e. The maximum atomic E-state index is 13.1. The lowest BCUT2D eigenvalue weighted by atomic mass is 10.1. The van der Waals surface area contributed by atoms with Gasteiger partial charge in [0.15, 0.2) is 0 Å². The molecule has 0 saturated heterocycles. The van der Waals surface area contributed by atoms with Crippen LogP contribution in [0.4, 0.5) is 4.39 Å². The molecule has 0 aliphatic rings. The van der Waals surface area contributed by atoms with Crippen molar-refractivity contribution in [2.75, 3.05) is 0 Å². The minimum absolute atomic E-state index is 0.154. The molecule has 0 radical (unpaired) electrons. The Morgan fingerprint density at radius 1 is 0.957 bits per heavy atom. The van der Waals surface area contributed by atoms with Crippen molar-refractivity contribution in [1.29, 1.82) is 0 Å². The van der Waals surface area contributed by atoms with Gasteiger partial charge in [0.1, 0.15) is 11.6 Å². The summed E-state index contributed by atoms with van der Waals surface area (Å²) in [5, 5.41) is 7.79. The summed E-state index contributed by atoms with van der Waals surface area (Å²) in [7, 11) is 0. The highest BCUT2D eigenvalue weighted by Gasteiger charge is 2.05. The molecule has 0 fully saturated rings. The second-order valence-electron chi connectivity index (χ2n) is 4.83. The Bertz CT molecular complexity index is 968. The number of fused-ring (bicyclic) bond motifs is 1. The van der Waals surface area contributed by atoms with Gasteiger partial charge in [0.25, 0.3) is 0 Å². The normalized spacial score (nSPS) is 10.8. The molecular formula is C16H10FN5O. The van der Waals surface area contributed by atoms with Crippen LogP contribution >= 0.6 is 0 Å². The van der Waals surface area contributed by atoms with E-state index in [1.165, 1.54) is 12.1 Å². The summed E-state index contributed by atoms with van der Waals surface area (Å²) in [4.78, 5) is 8.29. The molecular weight excluding hydrogens is 297 g/mol. The Morgan fingerprint density at radius 2 is 1.83 bits per heavy atom. The number of benzene rings is 1. The van der Waals surface area contributed by atoms with Crippen LogP contribution in [-0.2, 0) is 0 Å². The van der Waals surface area contributed by atoms with Crippen LogP contribution in [0.5, 0.6) is 11.8 Å². The zero-order valence-corrected chi connectivity index (χ0v) is 11.8. The number of halogens is 1. The van der Waals surface area contributed by atoms with Crippen molar-refractivity contribution in [3.05, 3.63) is 67.0 Å². The maximum Gasteiger partial charge on any atom is 0.321 e. The van der Waals surface area contributed by atoms with E-state index in [9.17, 15) is 4.39 Å². The molecule has 3 aromatic heterocycles. The number of rotatable bonds is 3. The molecule has 0 aliphatic heterocycles. The molecule has 0 bridgehead atoms. The summed E-state index contributed by atoms with van der Waals surface area (Å²) in [6.45, 7) is 0. The van der Waals surface area contributed by atoms with Crippen LogP contribution in [0.25, 0.3) is 16.6 Å². The van der Waals surface area contributed by atoms with E-state index in [0.717, 1.165) is 16.6 Å². The quantitative estimate of drug-likeness (QED) is 0.582. The number of pyridine rings is 1. The second-order valence-corrected chi connectivity index (χ2v) is 4.83. The molecule has 0 saturated carbocycles. The monoisotopic (exact) mass is 307 g/mol. The van der Waals surface area contributed by atoms with Crippen molar-refractivity contribution in [3.63, 3.8) is 0 Å². The average molecular weight is 307 g/mol. The smallest absolute Gasteiger partial charge is 0.321 e. The van der Waals surface area contributed by atoms with E-state index < -0.39 is 0 Å². The number of aromatic nitrogens is 5. The molecule has 0 aliphatic carbocycles. The Morgan fingerprint density at radius 3 is 2.65 bits per heavy atom. The van der Waals surface area contributed by atoms with Gasteiger partial charge in [-0.15, -0.1) is 5.10 Å². The highest BCUT2D eigenvalue weighted by Crippen LogP contribution is 2.22. The van der Waals surface area contributed by atoms with Crippen LogP contribution in [0.1, 0.15) is 0 Å². The lowest BCUT2D eigenvalue weighted by molar-refractivity contribution is 0.438. The van der Waals surface area contributed by atoms with Gasteiger partial charge in [0, 0.05) is 35.8 Å². The fourth-order valence-electron chi connectivity index (χ4n) is 2.15. The van der Waals surface area contributed by atoms with E-state index in [1.807, 2.05) is 18.3 Å². The predicted molar refractivity (Wildman–Crippen MR) is 80.5 cm³/mol. The fourth-order valence-corrected chi connectivity index (χ4v) is 2.15. The number of hydrogen-bond donors (Lipinski definition) is 0. The van der Waals surface area contributed by atoms with Gasteiger partial charge in [0.2, 0.25) is 0 Å². The third-order valence-corrected chi connectivity index (χ3v) is 3.26. The highest BCUT2D eigenvalue weighted by molar-refractivity contribution is 5.63. The molecule has 7 heteroatoms. The van der Waals surface area contributed by atoms with E-state index in [1.54, 1.807) is 35.2 Å². The van der Waals surface area contributed by atoms with Crippen molar-refractivity contribution in [3.8, 4) is 22.9 Å². The predicted octanol–water partition coefficient (Wildman–Crippen LogP) is 3.12. The number of hydrogen-bond acceptors (Lipinski definition) is 5. The van der Waals surface area contributed by atoms with Crippen molar-refractivity contribution in [2.24, 2.45) is 0 Å². The summed E-state index contributed by atoms with van der Waals surface area (Å²) in [6, 6.07) is 9.82. The van der Waals surface area contributed by atoms with Gasteiger partial charge in [-0.25, -0.2) is 18.9 Å². The third-order valence-electron chi connectivity index (χ3n) is 3.26. The van der Waals surface area contributed by atoms with Crippen molar-refractivity contribution < 1.29 is 9.13 Å². The second kappa shape index (κ2) is 5.45. The average Bonchev–Trinajstić information content (AvgIpc) is 3.03. The van der Waals surface area contributed by atoms with Crippen LogP contribution in [0.2, 0.25) is 0 Å². The van der Waals surface area contributed by atoms with Gasteiger partial charge in [-0.3, -0.25) is 0 Å². The minimum atomic E-state index is -0.375. The molecule has 0 amide bonds. The van der Waals surface area contributed by atoms with Gasteiger partial charge >= 0.3 is 6.01 Å². The fraction of sp³-hybridized carbons (Fsp3) is 0. The first-order valence-electron chi connectivity index (χ1n) is 6.84. The largest absolute Gasteiger partial charge is 0.424 e. The summed E-state index contributed by atoms with van der Waals surface area (Å²) in [5.74, 6) is -0.0259. The van der Waals surface area contributed by atoms with Gasteiger partial charge in [0.05, 0.1) is 11.7 Å². The van der Waals surface area contributed by atoms with Gasteiger partial charge in [-0.2, -0.15) is 0 Å². The maximum absolute atomic E-state index is 13.1. The standard InChI is InChI=1S/C16H10FN5O/c17-13-2-1-3-15(6-13)23-16-18-7-12(8-19-16)11-4-5-14-9-20-21-22(14)10-11/h1-10H. The molecule has 3 heterocycles. The van der Waals surface area contributed by atoms with Crippen LogP contribution in [-0.4, -0.2) is 24.8 Å². The van der Waals surface area contributed by atoms with Crippen LogP contribution in [0, 0.1) is 5.82 Å². The first-order chi connectivity index (χ1) is 11.3. The van der Waals surface area contributed by atoms with Crippen LogP contribution < -0.4 is 4.74 Å². The van der Waals surface area contributed by atoms with Gasteiger partial charge in [-0.1, -0.05) is 17.3 Å². The molecule has 23 heavy (non-hydrogen) atoms. The van der Waals surface area contributed by atoms with Crippen molar-refractivity contribution in [2.45, 2.75) is 0 Å². The zero-order valence-electron chi connectivity index (χ0n) is 11.8. The molecule has 1 aromatic carbocycles. The van der Waals surface area contributed by atoms with E-state index in [2.05, 4.69) is 20.3 Å². The Hall–Kier alpha value is -3.35. The van der Waals surface area contributed by atoms with Crippen molar-refractivity contribution >= 4 is 5.52 Å². The Balaban J connectivity index is 1.59. The zero-order chi connectivity index (χ0) is 15.6. The molecule has 6 nitrogen and oxygen atoms in total. The lowest BCUT2D eigenvalue weighted by Gasteiger charge is -2.05. The van der Waals surface area contributed by atoms with Gasteiger partial charge in [-0.05, 0) is 18.2 Å². The van der Waals surface area contributed by atoms with Gasteiger partial charge < -0.3 is 4.74 Å². The molecule has 0 spiro atoms. The topological polar surface area (TPSA) is 65.2 Å². The first-order valence-corrected chi connectivity index (χ1v) is 6.84. The van der Waals surface area contributed by atoms with Crippen LogP contribution in [0.3, 0.4) is 0 Å². The van der Waals surface area contributed by atoms with E-state index >= 15 is 0 Å². The van der Waals surface area contributed by atoms with E-state index in [-0.39, 0.29) is 11.8 Å². The number of ether oxygens (including phenoxy) is 1. The lowest BCUT2D eigenvalue weighted by Crippen LogP contribution is -1.93. The van der Waals surface area contributed by atoms with E-state index in [0.29, 0.717) is 5.75 Å². The number of nitrogens with zero attached hydrogens (tertiary/aromatic N) is 5. The van der Waals surface area contributed by atoms with Crippen LogP contribution in [0.15, 0.2) is 61.2 Å². The first kappa shape index (κ1) is 13.3. The third kappa shape index (κ3) is 2.71. The molecule has 4 aromatic rings. The van der Waals surface area contributed by atoms with Crippen molar-refractivity contribution in [1.82, 2.24) is 24.8 Å². The molecule has 112 valence electrons. The van der Waals surface area contributed by atoms with E-state index in [4.69, 9.17) is 4.74 Å².